The average Bonchev–Trinajstić information content (AvgIpc) is 3.01. The average molecular weight is 398 g/mol. The number of aromatic nitrogens is 1. The van der Waals surface area contributed by atoms with E-state index < -0.39 is 6.10 Å². The molecule has 0 aliphatic carbocycles. The van der Waals surface area contributed by atoms with Crippen molar-refractivity contribution in [2.24, 2.45) is 0 Å². The topological polar surface area (TPSA) is 48.8 Å². The highest BCUT2D eigenvalue weighted by molar-refractivity contribution is 5.28. The van der Waals surface area contributed by atoms with Crippen LogP contribution in [0.4, 0.5) is 0 Å². The number of nitrogens with zero attached hydrogens (tertiary/aromatic N) is 3. The third-order valence-corrected chi connectivity index (χ3v) is 5.52. The summed E-state index contributed by atoms with van der Waals surface area (Å²) < 4.78 is 5.91. The van der Waals surface area contributed by atoms with Crippen LogP contribution in [0.25, 0.3) is 0 Å². The lowest BCUT2D eigenvalue weighted by Gasteiger charge is -2.23. The Morgan fingerprint density at radius 3 is 2.48 bits per heavy atom. The molecule has 0 amide bonds. The van der Waals surface area contributed by atoms with Crippen LogP contribution in [-0.4, -0.2) is 58.8 Å². The van der Waals surface area contributed by atoms with Crippen LogP contribution in [0.1, 0.15) is 43.7 Å². The first kappa shape index (κ1) is 21.8. The Hall–Kier alpha value is -1.95. The fraction of sp³-hybridized carbons (Fsp3) is 0.542. The first-order valence-electron chi connectivity index (χ1n) is 11.0. The highest BCUT2D eigenvalue weighted by Gasteiger charge is 2.14. The number of ether oxygens (including phenoxy) is 1. The first-order valence-corrected chi connectivity index (χ1v) is 11.0. The standard InChI is InChI=1S/C24H35N3O2/c1-2-26(17-21-10-12-25-13-11-21)18-22-8-7-9-24(16-22)29-20-23(28)19-27-14-5-3-4-6-15-27/h7-13,16,23,28H,2-6,14-15,17-20H2,1H3. The first-order chi connectivity index (χ1) is 14.2. The van der Waals surface area contributed by atoms with Gasteiger partial charge in [-0.25, -0.2) is 0 Å². The molecule has 5 nitrogen and oxygen atoms in total. The third kappa shape index (κ3) is 7.77. The molecule has 1 unspecified atom stereocenters. The van der Waals surface area contributed by atoms with Crippen LogP contribution >= 0.6 is 0 Å². The second kappa shape index (κ2) is 11.9. The Morgan fingerprint density at radius 1 is 1.03 bits per heavy atom. The minimum atomic E-state index is -0.449. The molecule has 29 heavy (non-hydrogen) atoms. The van der Waals surface area contributed by atoms with Gasteiger partial charge < -0.3 is 14.7 Å². The molecular weight excluding hydrogens is 362 g/mol. The molecule has 1 N–H and O–H groups in total. The summed E-state index contributed by atoms with van der Waals surface area (Å²) in [6, 6.07) is 12.4. The molecule has 1 aliphatic rings. The van der Waals surface area contributed by atoms with Gasteiger partial charge in [0.1, 0.15) is 18.5 Å². The van der Waals surface area contributed by atoms with Crippen molar-refractivity contribution in [2.75, 3.05) is 32.8 Å². The summed E-state index contributed by atoms with van der Waals surface area (Å²) in [7, 11) is 0. The zero-order chi connectivity index (χ0) is 20.3. The van der Waals surface area contributed by atoms with E-state index >= 15 is 0 Å². The smallest absolute Gasteiger partial charge is 0.119 e. The predicted octanol–water partition coefficient (Wildman–Crippen LogP) is 3.72. The summed E-state index contributed by atoms with van der Waals surface area (Å²) in [4.78, 5) is 8.85. The van der Waals surface area contributed by atoms with Gasteiger partial charge >= 0.3 is 0 Å². The fourth-order valence-corrected chi connectivity index (χ4v) is 3.88. The Kier molecular flexibility index (Phi) is 8.93. The Bertz CT molecular complexity index is 702. The molecule has 5 heteroatoms. The van der Waals surface area contributed by atoms with Crippen molar-refractivity contribution in [2.45, 2.75) is 51.8 Å². The molecule has 0 radical (unpaired) electrons. The number of aliphatic hydroxyl groups is 1. The summed E-state index contributed by atoms with van der Waals surface area (Å²) in [6.07, 6.45) is 8.34. The number of benzene rings is 1. The van der Waals surface area contributed by atoms with Crippen molar-refractivity contribution < 1.29 is 9.84 Å². The molecule has 0 bridgehead atoms. The van der Waals surface area contributed by atoms with Crippen molar-refractivity contribution in [1.82, 2.24) is 14.8 Å². The zero-order valence-corrected chi connectivity index (χ0v) is 17.7. The molecule has 2 heterocycles. The minimum Gasteiger partial charge on any atom is -0.491 e. The van der Waals surface area contributed by atoms with Crippen LogP contribution in [0.15, 0.2) is 48.8 Å². The molecule has 2 aromatic rings. The van der Waals surface area contributed by atoms with Crippen LogP contribution in [0.2, 0.25) is 0 Å². The zero-order valence-electron chi connectivity index (χ0n) is 17.7. The summed E-state index contributed by atoms with van der Waals surface area (Å²) in [5.41, 5.74) is 2.49. The largest absolute Gasteiger partial charge is 0.491 e. The van der Waals surface area contributed by atoms with E-state index in [1.54, 1.807) is 0 Å². The van der Waals surface area contributed by atoms with Gasteiger partial charge in [-0.3, -0.25) is 9.88 Å². The second-order valence-corrected chi connectivity index (χ2v) is 7.99. The second-order valence-electron chi connectivity index (χ2n) is 7.99. The van der Waals surface area contributed by atoms with Crippen LogP contribution < -0.4 is 4.74 Å². The van der Waals surface area contributed by atoms with E-state index in [1.807, 2.05) is 24.5 Å². The summed E-state index contributed by atoms with van der Waals surface area (Å²) in [5, 5.41) is 10.4. The van der Waals surface area contributed by atoms with Gasteiger partial charge in [-0.15, -0.1) is 0 Å². The van der Waals surface area contributed by atoms with Gasteiger partial charge in [0, 0.05) is 32.0 Å². The van der Waals surface area contributed by atoms with Crippen molar-refractivity contribution in [3.8, 4) is 5.75 Å². The Balaban J connectivity index is 1.48. The summed E-state index contributed by atoms with van der Waals surface area (Å²) in [6.45, 7) is 8.16. The van der Waals surface area contributed by atoms with Crippen LogP contribution in [0.5, 0.6) is 5.75 Å². The van der Waals surface area contributed by atoms with Gasteiger partial charge in [-0.1, -0.05) is 31.9 Å². The van der Waals surface area contributed by atoms with Crippen LogP contribution in [0.3, 0.4) is 0 Å². The van der Waals surface area contributed by atoms with E-state index in [2.05, 4.69) is 46.0 Å². The minimum absolute atomic E-state index is 0.342. The third-order valence-electron chi connectivity index (χ3n) is 5.52. The van der Waals surface area contributed by atoms with E-state index in [1.165, 1.54) is 36.8 Å². The van der Waals surface area contributed by atoms with E-state index in [9.17, 15) is 5.11 Å². The van der Waals surface area contributed by atoms with Crippen LogP contribution in [-0.2, 0) is 13.1 Å². The maximum absolute atomic E-state index is 10.4. The van der Waals surface area contributed by atoms with Gasteiger partial charge in [0.25, 0.3) is 0 Å². The number of rotatable bonds is 10. The van der Waals surface area contributed by atoms with E-state index in [4.69, 9.17) is 4.74 Å². The number of hydrogen-bond donors (Lipinski definition) is 1. The Labute approximate surface area is 175 Å². The highest BCUT2D eigenvalue weighted by Crippen LogP contribution is 2.17. The normalized spacial score (nSPS) is 16.5. The van der Waals surface area contributed by atoms with Gasteiger partial charge in [-0.05, 0) is 67.9 Å². The molecule has 1 fully saturated rings. The quantitative estimate of drug-likeness (QED) is 0.662. The summed E-state index contributed by atoms with van der Waals surface area (Å²) >= 11 is 0. The van der Waals surface area contributed by atoms with Crippen molar-refractivity contribution in [3.05, 3.63) is 59.9 Å². The molecule has 0 saturated carbocycles. The van der Waals surface area contributed by atoms with Gasteiger partial charge in [0.15, 0.2) is 0 Å². The maximum Gasteiger partial charge on any atom is 0.119 e. The molecule has 1 aromatic carbocycles. The van der Waals surface area contributed by atoms with Gasteiger partial charge in [0.05, 0.1) is 0 Å². The lowest BCUT2D eigenvalue weighted by molar-refractivity contribution is 0.0693. The molecule has 158 valence electrons. The number of β-amino-alcohol motifs (C(OH)–C–C–N with tert-alkyl or cyclic N) is 1. The highest BCUT2D eigenvalue weighted by atomic mass is 16.5. The van der Waals surface area contributed by atoms with E-state index in [0.29, 0.717) is 13.2 Å². The van der Waals surface area contributed by atoms with Crippen molar-refractivity contribution >= 4 is 0 Å². The van der Waals surface area contributed by atoms with E-state index in [0.717, 1.165) is 38.5 Å². The molecule has 1 saturated heterocycles. The van der Waals surface area contributed by atoms with Gasteiger partial charge in [0.2, 0.25) is 0 Å². The fourth-order valence-electron chi connectivity index (χ4n) is 3.88. The lowest BCUT2D eigenvalue weighted by Crippen LogP contribution is -2.36. The van der Waals surface area contributed by atoms with Crippen molar-refractivity contribution in [3.63, 3.8) is 0 Å². The maximum atomic E-state index is 10.4. The number of likely N-dealkylation sites (tertiary alicyclic amines) is 1. The number of pyridine rings is 1. The van der Waals surface area contributed by atoms with Gasteiger partial charge in [-0.2, -0.15) is 0 Å². The molecule has 3 rings (SSSR count). The molecule has 1 aromatic heterocycles. The van der Waals surface area contributed by atoms with Crippen LogP contribution in [0, 0.1) is 0 Å². The number of hydrogen-bond acceptors (Lipinski definition) is 5. The Morgan fingerprint density at radius 2 is 1.76 bits per heavy atom. The summed E-state index contributed by atoms with van der Waals surface area (Å²) in [5.74, 6) is 0.831. The molecular formula is C24H35N3O2. The predicted molar refractivity (Wildman–Crippen MR) is 117 cm³/mol. The number of aliphatic hydroxyl groups excluding tert-OH is 1. The molecule has 0 spiro atoms. The van der Waals surface area contributed by atoms with Crippen molar-refractivity contribution in [1.29, 1.82) is 0 Å². The lowest BCUT2D eigenvalue weighted by atomic mass is 10.2. The molecule has 1 atom stereocenters. The van der Waals surface area contributed by atoms with E-state index in [-0.39, 0.29) is 0 Å². The SMILES string of the molecule is CCN(Cc1ccncc1)Cc1cccc(OCC(O)CN2CCCCCC2)c1. The molecule has 1 aliphatic heterocycles. The monoisotopic (exact) mass is 397 g/mol.